The molecule has 1 rings (SSSR count). The van der Waals surface area contributed by atoms with E-state index < -0.39 is 35.9 Å². The molecular weight excluding hydrogens is 291 g/mol. The second-order valence-electron chi connectivity index (χ2n) is 3.85. The van der Waals surface area contributed by atoms with Gasteiger partial charge in [0.25, 0.3) is 5.69 Å². The van der Waals surface area contributed by atoms with Crippen LogP contribution in [0.4, 0.5) is 33.3 Å². The number of nitrogens with two attached hydrogens (primary N) is 1. The molecule has 0 aliphatic heterocycles. The number of benzene rings is 1. The monoisotopic (exact) mass is 300 g/mol. The van der Waals surface area contributed by atoms with Gasteiger partial charge in [0, 0.05) is 6.07 Å². The van der Waals surface area contributed by atoms with E-state index in [2.05, 4.69) is 4.74 Å². The number of nitrogens with zero attached hydrogens (tertiary/aromatic N) is 1. The first-order valence-electron chi connectivity index (χ1n) is 5.09. The molecule has 112 valence electrons. The second kappa shape index (κ2) is 5.57. The van der Waals surface area contributed by atoms with Gasteiger partial charge in [-0.2, -0.15) is 22.0 Å². The molecule has 0 saturated carbocycles. The lowest BCUT2D eigenvalue weighted by Gasteiger charge is -2.19. The van der Waals surface area contributed by atoms with Crippen molar-refractivity contribution in [3.05, 3.63) is 33.9 Å². The van der Waals surface area contributed by atoms with Crippen LogP contribution in [0.15, 0.2) is 18.2 Å². The molecule has 0 heterocycles. The molecule has 0 radical (unpaired) electrons. The summed E-state index contributed by atoms with van der Waals surface area (Å²) in [6, 6.07) is 3.24. The number of nitrogen functional groups attached to an aromatic ring is 1. The summed E-state index contributed by atoms with van der Waals surface area (Å²) in [4.78, 5) is 9.71. The fraction of sp³-hybridized carbons (Fsp3) is 0.400. The van der Waals surface area contributed by atoms with Gasteiger partial charge in [0.2, 0.25) is 0 Å². The first-order valence-corrected chi connectivity index (χ1v) is 5.09. The van der Waals surface area contributed by atoms with Gasteiger partial charge in [-0.15, -0.1) is 0 Å². The van der Waals surface area contributed by atoms with Gasteiger partial charge in [-0.3, -0.25) is 10.1 Å². The molecule has 0 spiro atoms. The highest BCUT2D eigenvalue weighted by Gasteiger charge is 2.57. The van der Waals surface area contributed by atoms with E-state index in [1.54, 1.807) is 0 Å². The molecule has 20 heavy (non-hydrogen) atoms. The Morgan fingerprint density at radius 3 is 2.30 bits per heavy atom. The molecule has 1 aromatic rings. The number of alkyl halides is 5. The number of anilines is 1. The van der Waals surface area contributed by atoms with E-state index >= 15 is 0 Å². The Labute approximate surface area is 109 Å². The smallest absolute Gasteiger partial charge is 0.393 e. The molecule has 1 aromatic carbocycles. The van der Waals surface area contributed by atoms with Crippen molar-refractivity contribution < 1.29 is 31.6 Å². The van der Waals surface area contributed by atoms with Crippen LogP contribution in [-0.2, 0) is 11.3 Å². The summed E-state index contributed by atoms with van der Waals surface area (Å²) < 4.78 is 64.8. The highest BCUT2D eigenvalue weighted by atomic mass is 19.4. The van der Waals surface area contributed by atoms with Crippen molar-refractivity contribution in [1.82, 2.24) is 0 Å². The number of ether oxygens (including phenoxy) is 1. The third kappa shape index (κ3) is 3.76. The summed E-state index contributed by atoms with van der Waals surface area (Å²) in [7, 11) is 0. The zero-order valence-electron chi connectivity index (χ0n) is 9.79. The minimum Gasteiger partial charge on any atom is -0.393 e. The number of hydrogen-bond donors (Lipinski definition) is 1. The van der Waals surface area contributed by atoms with Gasteiger partial charge in [0.15, 0.2) is 0 Å². The lowest BCUT2D eigenvalue weighted by atomic mass is 10.2. The average Bonchev–Trinajstić information content (AvgIpc) is 2.26. The topological polar surface area (TPSA) is 78.4 Å². The summed E-state index contributed by atoms with van der Waals surface area (Å²) >= 11 is 0. The van der Waals surface area contributed by atoms with E-state index in [4.69, 9.17) is 5.73 Å². The van der Waals surface area contributed by atoms with Crippen molar-refractivity contribution in [3.8, 4) is 0 Å². The van der Waals surface area contributed by atoms with Crippen molar-refractivity contribution in [3.63, 3.8) is 0 Å². The predicted octanol–water partition coefficient (Wildman–Crippen LogP) is 2.89. The van der Waals surface area contributed by atoms with Gasteiger partial charge >= 0.3 is 12.1 Å². The number of rotatable bonds is 5. The van der Waals surface area contributed by atoms with Crippen LogP contribution in [0.3, 0.4) is 0 Å². The molecule has 0 aromatic heterocycles. The van der Waals surface area contributed by atoms with Crippen LogP contribution in [0.1, 0.15) is 5.56 Å². The first kappa shape index (κ1) is 16.1. The molecule has 2 N–H and O–H groups in total. The normalized spacial score (nSPS) is 12.4. The highest BCUT2D eigenvalue weighted by molar-refractivity contribution is 5.59. The van der Waals surface area contributed by atoms with E-state index in [0.29, 0.717) is 0 Å². The van der Waals surface area contributed by atoms with Crippen molar-refractivity contribution in [2.75, 3.05) is 12.3 Å². The van der Waals surface area contributed by atoms with Crippen LogP contribution in [0, 0.1) is 10.1 Å². The molecule has 0 amide bonds. The van der Waals surface area contributed by atoms with Crippen LogP contribution in [-0.4, -0.2) is 23.6 Å². The highest BCUT2D eigenvalue weighted by Crippen LogP contribution is 2.35. The number of nitro benzene ring substituents is 1. The van der Waals surface area contributed by atoms with Crippen LogP contribution in [0.2, 0.25) is 0 Å². The fourth-order valence-electron chi connectivity index (χ4n) is 1.24. The summed E-state index contributed by atoms with van der Waals surface area (Å²) in [6.07, 6.45) is -5.69. The quantitative estimate of drug-likeness (QED) is 0.392. The van der Waals surface area contributed by atoms with Gasteiger partial charge in [-0.1, -0.05) is 0 Å². The third-order valence-corrected chi connectivity index (χ3v) is 2.26. The molecule has 0 aliphatic rings. The Morgan fingerprint density at radius 1 is 1.25 bits per heavy atom. The number of nitro groups is 1. The molecule has 0 unspecified atom stereocenters. The molecular formula is C10H9F5N2O3. The van der Waals surface area contributed by atoms with E-state index in [1.807, 2.05) is 0 Å². The maximum atomic E-state index is 12.5. The Kier molecular flexibility index (Phi) is 4.48. The zero-order valence-corrected chi connectivity index (χ0v) is 9.79. The van der Waals surface area contributed by atoms with E-state index in [-0.39, 0.29) is 11.3 Å². The van der Waals surface area contributed by atoms with Crippen molar-refractivity contribution in [2.24, 2.45) is 0 Å². The maximum absolute atomic E-state index is 12.5. The molecule has 0 saturated heterocycles. The lowest BCUT2D eigenvalue weighted by molar-refractivity contribution is -0.383. The number of hydrogen-bond acceptors (Lipinski definition) is 4. The van der Waals surface area contributed by atoms with Gasteiger partial charge < -0.3 is 10.5 Å². The van der Waals surface area contributed by atoms with Crippen molar-refractivity contribution in [2.45, 2.75) is 18.7 Å². The zero-order chi connectivity index (χ0) is 15.6. The largest absolute Gasteiger partial charge is 0.455 e. The molecule has 0 aliphatic carbocycles. The SMILES string of the molecule is Nc1cc(COCC(F)(F)C(F)(F)F)ccc1[N+](=O)[O-]. The maximum Gasteiger partial charge on any atom is 0.455 e. The Hall–Kier alpha value is -1.97. The van der Waals surface area contributed by atoms with Crippen LogP contribution in [0.5, 0.6) is 0 Å². The fourth-order valence-corrected chi connectivity index (χ4v) is 1.24. The minimum atomic E-state index is -5.69. The van der Waals surface area contributed by atoms with Crippen LogP contribution >= 0.6 is 0 Å². The predicted molar refractivity (Wildman–Crippen MR) is 58.2 cm³/mol. The number of halogens is 5. The summed E-state index contributed by atoms with van der Waals surface area (Å²) in [5.41, 5.74) is 4.84. The Bertz CT molecular complexity index is 504. The lowest BCUT2D eigenvalue weighted by Crippen LogP contribution is -2.40. The Balaban J connectivity index is 2.64. The molecule has 0 atom stereocenters. The van der Waals surface area contributed by atoms with Gasteiger partial charge in [0.1, 0.15) is 12.3 Å². The van der Waals surface area contributed by atoms with Gasteiger partial charge in [0.05, 0.1) is 11.5 Å². The van der Waals surface area contributed by atoms with Crippen molar-refractivity contribution >= 4 is 11.4 Å². The second-order valence-corrected chi connectivity index (χ2v) is 3.85. The van der Waals surface area contributed by atoms with Crippen LogP contribution in [0.25, 0.3) is 0 Å². The van der Waals surface area contributed by atoms with E-state index in [9.17, 15) is 32.1 Å². The third-order valence-electron chi connectivity index (χ3n) is 2.26. The van der Waals surface area contributed by atoms with Crippen molar-refractivity contribution in [1.29, 1.82) is 0 Å². The molecule has 0 bridgehead atoms. The Morgan fingerprint density at radius 2 is 1.85 bits per heavy atom. The standard InChI is InChI=1S/C10H9F5N2O3/c11-9(12,10(13,14)15)5-20-4-6-1-2-8(17(18)19)7(16)3-6/h1-3H,4-5,16H2. The molecule has 10 heteroatoms. The summed E-state index contributed by atoms with van der Waals surface area (Å²) in [5, 5.41) is 10.5. The van der Waals surface area contributed by atoms with Crippen LogP contribution < -0.4 is 5.73 Å². The summed E-state index contributed by atoms with van der Waals surface area (Å²) in [6.45, 7) is -2.42. The van der Waals surface area contributed by atoms with E-state index in [0.717, 1.165) is 18.2 Å². The van der Waals surface area contributed by atoms with E-state index in [1.165, 1.54) is 0 Å². The minimum absolute atomic E-state index is 0.145. The first-order chi connectivity index (χ1) is 9.04. The molecule has 5 nitrogen and oxygen atoms in total. The summed E-state index contributed by atoms with van der Waals surface area (Å²) in [5.74, 6) is -4.96. The van der Waals surface area contributed by atoms with Gasteiger partial charge in [-0.05, 0) is 17.7 Å². The van der Waals surface area contributed by atoms with Gasteiger partial charge in [-0.25, -0.2) is 0 Å². The average molecular weight is 300 g/mol. The molecule has 0 fully saturated rings.